The van der Waals surface area contributed by atoms with Crippen molar-refractivity contribution in [3.8, 4) is 0 Å². The van der Waals surface area contributed by atoms with Crippen LogP contribution in [0.25, 0.3) is 0 Å². The van der Waals surface area contributed by atoms with Crippen molar-refractivity contribution in [2.45, 2.75) is 79.7 Å². The lowest BCUT2D eigenvalue weighted by molar-refractivity contribution is 0.173. The third-order valence-corrected chi connectivity index (χ3v) is 4.27. The summed E-state index contributed by atoms with van der Waals surface area (Å²) in [6, 6.07) is 0. The van der Waals surface area contributed by atoms with Crippen molar-refractivity contribution in [3.05, 3.63) is 0 Å². The molecule has 1 heteroatoms. The average molecular weight is 253 g/mol. The third kappa shape index (κ3) is 5.73. The number of nitrogens with one attached hydrogen (secondary N) is 1. The summed E-state index contributed by atoms with van der Waals surface area (Å²) in [4.78, 5) is 0. The average Bonchev–Trinajstić information content (AvgIpc) is 2.95. The standard InChI is InChI=1S/C17H35N/c1-13(2)10-14(3)11-17(7,15-8-9-15)12-18-16(4,5)6/h13-15,18H,8-12H2,1-7H3. The van der Waals surface area contributed by atoms with Gasteiger partial charge in [0.1, 0.15) is 0 Å². The molecule has 0 aliphatic heterocycles. The monoisotopic (exact) mass is 253 g/mol. The Labute approximate surface area is 115 Å². The zero-order chi connectivity index (χ0) is 14.0. The zero-order valence-corrected chi connectivity index (χ0v) is 13.8. The van der Waals surface area contributed by atoms with Gasteiger partial charge in [-0.2, -0.15) is 0 Å². The van der Waals surface area contributed by atoms with Crippen molar-refractivity contribution < 1.29 is 0 Å². The van der Waals surface area contributed by atoms with Crippen LogP contribution in [0.3, 0.4) is 0 Å². The van der Waals surface area contributed by atoms with E-state index in [1.54, 1.807) is 0 Å². The Balaban J connectivity index is 2.52. The lowest BCUT2D eigenvalue weighted by Crippen LogP contribution is -2.44. The normalized spacial score (nSPS) is 22.0. The minimum absolute atomic E-state index is 0.247. The van der Waals surface area contributed by atoms with Crippen LogP contribution in [0.1, 0.15) is 74.1 Å². The van der Waals surface area contributed by atoms with Gasteiger partial charge in [-0.3, -0.25) is 0 Å². The lowest BCUT2D eigenvalue weighted by Gasteiger charge is -2.36. The topological polar surface area (TPSA) is 12.0 Å². The van der Waals surface area contributed by atoms with Crippen molar-refractivity contribution in [1.29, 1.82) is 0 Å². The molecule has 0 saturated heterocycles. The highest BCUT2D eigenvalue weighted by molar-refractivity contribution is 4.94. The van der Waals surface area contributed by atoms with Crippen LogP contribution in [0.4, 0.5) is 0 Å². The molecule has 1 rings (SSSR count). The highest BCUT2D eigenvalue weighted by Crippen LogP contribution is 2.49. The van der Waals surface area contributed by atoms with Crippen LogP contribution in [0.2, 0.25) is 0 Å². The smallest absolute Gasteiger partial charge is 0.00967 e. The summed E-state index contributed by atoms with van der Waals surface area (Å²) < 4.78 is 0. The summed E-state index contributed by atoms with van der Waals surface area (Å²) in [6.45, 7) is 17.7. The van der Waals surface area contributed by atoms with Crippen molar-refractivity contribution in [1.82, 2.24) is 5.32 Å². The van der Waals surface area contributed by atoms with Crippen LogP contribution >= 0.6 is 0 Å². The third-order valence-electron chi connectivity index (χ3n) is 4.27. The van der Waals surface area contributed by atoms with E-state index in [-0.39, 0.29) is 5.54 Å². The van der Waals surface area contributed by atoms with Gasteiger partial charge in [0, 0.05) is 12.1 Å². The molecule has 0 spiro atoms. The van der Waals surface area contributed by atoms with Crippen LogP contribution in [-0.2, 0) is 0 Å². The summed E-state index contributed by atoms with van der Waals surface area (Å²) in [5.41, 5.74) is 0.763. The van der Waals surface area contributed by atoms with E-state index in [1.165, 1.54) is 32.2 Å². The summed E-state index contributed by atoms with van der Waals surface area (Å²) in [6.07, 6.45) is 5.67. The summed E-state index contributed by atoms with van der Waals surface area (Å²) in [5, 5.41) is 3.74. The van der Waals surface area contributed by atoms with Gasteiger partial charge < -0.3 is 5.32 Å². The predicted octanol–water partition coefficient (Wildman–Crippen LogP) is 4.86. The van der Waals surface area contributed by atoms with Gasteiger partial charge >= 0.3 is 0 Å². The second kappa shape index (κ2) is 5.94. The minimum atomic E-state index is 0.247. The number of hydrogen-bond donors (Lipinski definition) is 1. The van der Waals surface area contributed by atoms with Crippen molar-refractivity contribution in [2.24, 2.45) is 23.2 Å². The first-order valence-corrected chi connectivity index (χ1v) is 7.87. The van der Waals surface area contributed by atoms with Gasteiger partial charge in [0.05, 0.1) is 0 Å². The van der Waals surface area contributed by atoms with Crippen molar-refractivity contribution >= 4 is 0 Å². The molecule has 0 bridgehead atoms. The summed E-state index contributed by atoms with van der Waals surface area (Å²) in [5.74, 6) is 2.67. The van der Waals surface area contributed by atoms with E-state index in [0.29, 0.717) is 5.41 Å². The van der Waals surface area contributed by atoms with Gasteiger partial charge in [-0.1, -0.05) is 27.7 Å². The molecular weight excluding hydrogens is 218 g/mol. The molecule has 1 nitrogen and oxygen atoms in total. The molecule has 2 unspecified atom stereocenters. The summed E-state index contributed by atoms with van der Waals surface area (Å²) >= 11 is 0. The molecule has 1 N–H and O–H groups in total. The Morgan fingerprint density at radius 1 is 1.06 bits per heavy atom. The molecule has 1 saturated carbocycles. The SMILES string of the molecule is CC(C)CC(C)CC(C)(CNC(C)(C)C)C1CC1. The number of rotatable bonds is 7. The Kier molecular flexibility index (Phi) is 5.29. The van der Waals surface area contributed by atoms with E-state index < -0.39 is 0 Å². The maximum absolute atomic E-state index is 3.74. The molecule has 1 aliphatic carbocycles. The van der Waals surface area contributed by atoms with Crippen LogP contribution in [0, 0.1) is 23.2 Å². The van der Waals surface area contributed by atoms with Gasteiger partial charge in [-0.05, 0) is 69.6 Å². The maximum atomic E-state index is 3.74. The molecule has 18 heavy (non-hydrogen) atoms. The fraction of sp³-hybridized carbons (Fsp3) is 1.00. The predicted molar refractivity (Wildman–Crippen MR) is 81.8 cm³/mol. The molecule has 108 valence electrons. The van der Waals surface area contributed by atoms with Crippen LogP contribution < -0.4 is 5.32 Å². The second-order valence-electron chi connectivity index (χ2n) is 8.47. The maximum Gasteiger partial charge on any atom is 0.00967 e. The van der Waals surface area contributed by atoms with Gasteiger partial charge in [-0.25, -0.2) is 0 Å². The van der Waals surface area contributed by atoms with E-state index in [2.05, 4.69) is 53.8 Å². The second-order valence-corrected chi connectivity index (χ2v) is 8.47. The molecule has 0 aromatic heterocycles. The lowest BCUT2D eigenvalue weighted by atomic mass is 9.75. The first-order chi connectivity index (χ1) is 8.12. The molecule has 0 aromatic rings. The number of hydrogen-bond acceptors (Lipinski definition) is 1. The Morgan fingerprint density at radius 3 is 2.00 bits per heavy atom. The molecule has 1 aliphatic rings. The molecule has 0 aromatic carbocycles. The first kappa shape index (κ1) is 16.0. The van der Waals surface area contributed by atoms with E-state index in [9.17, 15) is 0 Å². The van der Waals surface area contributed by atoms with E-state index in [1.807, 2.05) is 0 Å². The molecule has 0 amide bonds. The van der Waals surface area contributed by atoms with E-state index >= 15 is 0 Å². The van der Waals surface area contributed by atoms with Crippen molar-refractivity contribution in [2.75, 3.05) is 6.54 Å². The molecule has 2 atom stereocenters. The van der Waals surface area contributed by atoms with Gasteiger partial charge in [0.25, 0.3) is 0 Å². The van der Waals surface area contributed by atoms with Crippen LogP contribution in [0.5, 0.6) is 0 Å². The molecule has 0 heterocycles. The van der Waals surface area contributed by atoms with E-state index in [0.717, 1.165) is 17.8 Å². The van der Waals surface area contributed by atoms with Crippen LogP contribution in [0.15, 0.2) is 0 Å². The largest absolute Gasteiger partial charge is 0.312 e. The quantitative estimate of drug-likeness (QED) is 0.683. The minimum Gasteiger partial charge on any atom is -0.312 e. The van der Waals surface area contributed by atoms with Gasteiger partial charge in [0.2, 0.25) is 0 Å². The fourth-order valence-electron chi connectivity index (χ4n) is 3.31. The van der Waals surface area contributed by atoms with Crippen molar-refractivity contribution in [3.63, 3.8) is 0 Å². The first-order valence-electron chi connectivity index (χ1n) is 7.87. The Bertz CT molecular complexity index is 247. The van der Waals surface area contributed by atoms with Crippen LogP contribution in [-0.4, -0.2) is 12.1 Å². The fourth-order valence-corrected chi connectivity index (χ4v) is 3.31. The molecule has 0 radical (unpaired) electrons. The zero-order valence-electron chi connectivity index (χ0n) is 13.8. The van der Waals surface area contributed by atoms with Gasteiger partial charge in [-0.15, -0.1) is 0 Å². The molecule has 1 fully saturated rings. The summed E-state index contributed by atoms with van der Waals surface area (Å²) in [7, 11) is 0. The van der Waals surface area contributed by atoms with Gasteiger partial charge in [0.15, 0.2) is 0 Å². The Hall–Kier alpha value is -0.0400. The Morgan fingerprint density at radius 2 is 1.61 bits per heavy atom. The molecular formula is C17H35N. The highest BCUT2D eigenvalue weighted by atomic mass is 15.0. The van der Waals surface area contributed by atoms with E-state index in [4.69, 9.17) is 0 Å². The highest BCUT2D eigenvalue weighted by Gasteiger charge is 2.42.